The van der Waals surface area contributed by atoms with Gasteiger partial charge in [-0.2, -0.15) is 0 Å². The van der Waals surface area contributed by atoms with Crippen LogP contribution in [-0.4, -0.2) is 48.5 Å². The minimum atomic E-state index is -3.57. The molecule has 7 heteroatoms. The van der Waals surface area contributed by atoms with Gasteiger partial charge in [-0.25, -0.2) is 18.1 Å². The summed E-state index contributed by atoms with van der Waals surface area (Å²) in [6.45, 7) is 4.78. The number of rotatable bonds is 7. The minimum absolute atomic E-state index is 0.0450. The van der Waals surface area contributed by atoms with Crippen molar-refractivity contribution in [3.8, 4) is 0 Å². The molecule has 2 heterocycles. The largest absolute Gasteiger partial charge is 0.339 e. The number of imidazole rings is 1. The summed E-state index contributed by atoms with van der Waals surface area (Å²) in [4.78, 5) is 6.37. The minimum Gasteiger partial charge on any atom is -0.339 e. The van der Waals surface area contributed by atoms with Crippen LogP contribution in [0.15, 0.2) is 54.0 Å². The number of aryl methyl sites for hydroxylation is 1. The van der Waals surface area contributed by atoms with E-state index in [1.807, 2.05) is 18.2 Å². The number of hydrogen-bond donors (Lipinski definition) is 1. The molecular weight excluding hydrogens is 360 g/mol. The van der Waals surface area contributed by atoms with Gasteiger partial charge in [0.25, 0.3) is 10.0 Å². The van der Waals surface area contributed by atoms with Gasteiger partial charge in [-0.05, 0) is 17.9 Å². The molecule has 3 rings (SSSR count). The van der Waals surface area contributed by atoms with Crippen molar-refractivity contribution in [3.63, 3.8) is 0 Å². The van der Waals surface area contributed by atoms with Crippen molar-refractivity contribution in [2.75, 3.05) is 19.6 Å². The third-order valence-electron chi connectivity index (χ3n) is 5.08. The maximum Gasteiger partial charge on any atom is 0.259 e. The Bertz CT molecular complexity index is 861. The molecular formula is C20H28N4O2S. The molecule has 27 heavy (non-hydrogen) atoms. The van der Waals surface area contributed by atoms with E-state index in [-0.39, 0.29) is 11.1 Å². The molecule has 0 bridgehead atoms. The third kappa shape index (κ3) is 5.28. The molecule has 1 aromatic heterocycles. The quantitative estimate of drug-likeness (QED) is 0.791. The Labute approximate surface area is 162 Å². The fraction of sp³-hybridized carbons (Fsp3) is 0.450. The standard InChI is InChI=1S/C20H28N4O2S/c1-3-18-14-24(12-7-10-17-8-5-4-6-9-17)13-11-19(18)22-27(25,26)20-15-23(2)16-21-20/h4-10,15-16,18-19,22H,3,11-14H2,1-2H3/b10-7+/t18-,19+/m1/s1. The normalized spacial score (nSPS) is 21.7. The molecule has 2 aromatic rings. The van der Waals surface area contributed by atoms with E-state index in [0.29, 0.717) is 5.92 Å². The van der Waals surface area contributed by atoms with E-state index in [9.17, 15) is 8.42 Å². The van der Waals surface area contributed by atoms with Gasteiger partial charge >= 0.3 is 0 Å². The summed E-state index contributed by atoms with van der Waals surface area (Å²) in [5, 5.41) is 0.0908. The lowest BCUT2D eigenvalue weighted by atomic mass is 9.91. The van der Waals surface area contributed by atoms with Crippen LogP contribution in [0.5, 0.6) is 0 Å². The van der Waals surface area contributed by atoms with Crippen molar-refractivity contribution in [1.82, 2.24) is 19.2 Å². The van der Waals surface area contributed by atoms with Gasteiger partial charge < -0.3 is 4.57 Å². The predicted molar refractivity (Wildman–Crippen MR) is 108 cm³/mol. The molecule has 1 fully saturated rings. The van der Waals surface area contributed by atoms with E-state index in [2.05, 4.69) is 45.8 Å². The molecule has 2 atom stereocenters. The summed E-state index contributed by atoms with van der Waals surface area (Å²) in [6.07, 6.45) is 9.11. The predicted octanol–water partition coefficient (Wildman–Crippen LogP) is 2.51. The van der Waals surface area contributed by atoms with Gasteiger partial charge in [0, 0.05) is 38.9 Å². The van der Waals surface area contributed by atoms with Crippen molar-refractivity contribution in [1.29, 1.82) is 0 Å². The molecule has 1 aromatic carbocycles. The Hall–Kier alpha value is -1.96. The maximum absolute atomic E-state index is 12.6. The van der Waals surface area contributed by atoms with Crippen molar-refractivity contribution in [2.24, 2.45) is 13.0 Å². The van der Waals surface area contributed by atoms with Crippen molar-refractivity contribution in [3.05, 3.63) is 54.5 Å². The first-order chi connectivity index (χ1) is 13.0. The molecule has 6 nitrogen and oxygen atoms in total. The molecule has 0 spiro atoms. The zero-order chi connectivity index (χ0) is 19.3. The van der Waals surface area contributed by atoms with Gasteiger partial charge in [0.05, 0.1) is 6.33 Å². The second kappa shape index (κ2) is 8.82. The van der Waals surface area contributed by atoms with Gasteiger partial charge in [-0.1, -0.05) is 55.8 Å². The maximum atomic E-state index is 12.6. The Kier molecular flexibility index (Phi) is 6.46. The molecule has 0 radical (unpaired) electrons. The summed E-state index contributed by atoms with van der Waals surface area (Å²) >= 11 is 0. The van der Waals surface area contributed by atoms with Crippen LogP contribution in [0.3, 0.4) is 0 Å². The lowest BCUT2D eigenvalue weighted by Crippen LogP contribution is -2.50. The van der Waals surface area contributed by atoms with Crippen LogP contribution >= 0.6 is 0 Å². The first-order valence-corrected chi connectivity index (χ1v) is 10.9. The number of nitrogens with zero attached hydrogens (tertiary/aromatic N) is 3. The summed E-state index contributed by atoms with van der Waals surface area (Å²) in [5.41, 5.74) is 1.20. The second-order valence-electron chi connectivity index (χ2n) is 7.13. The highest BCUT2D eigenvalue weighted by molar-refractivity contribution is 7.89. The van der Waals surface area contributed by atoms with E-state index >= 15 is 0 Å². The fourth-order valence-electron chi connectivity index (χ4n) is 3.53. The van der Waals surface area contributed by atoms with Gasteiger partial charge in [0.1, 0.15) is 0 Å². The topological polar surface area (TPSA) is 67.2 Å². The highest BCUT2D eigenvalue weighted by Gasteiger charge is 2.31. The Morgan fingerprint density at radius 1 is 1.30 bits per heavy atom. The lowest BCUT2D eigenvalue weighted by molar-refractivity contribution is 0.158. The summed E-state index contributed by atoms with van der Waals surface area (Å²) in [6, 6.07) is 10.2. The van der Waals surface area contributed by atoms with Crippen molar-refractivity contribution < 1.29 is 8.42 Å². The monoisotopic (exact) mass is 388 g/mol. The Morgan fingerprint density at radius 2 is 2.07 bits per heavy atom. The smallest absolute Gasteiger partial charge is 0.259 e. The van der Waals surface area contributed by atoms with Crippen molar-refractivity contribution in [2.45, 2.75) is 30.8 Å². The molecule has 1 N–H and O–H groups in total. The van der Waals surface area contributed by atoms with Gasteiger partial charge in [0.2, 0.25) is 0 Å². The van der Waals surface area contributed by atoms with Gasteiger partial charge in [-0.3, -0.25) is 4.90 Å². The molecule has 146 valence electrons. The van der Waals surface area contributed by atoms with E-state index < -0.39 is 10.0 Å². The second-order valence-corrected chi connectivity index (χ2v) is 8.80. The van der Waals surface area contributed by atoms with E-state index in [1.54, 1.807) is 11.6 Å². The van der Waals surface area contributed by atoms with Gasteiger partial charge in [0.15, 0.2) is 5.03 Å². The Balaban J connectivity index is 1.57. The molecule has 0 aliphatic carbocycles. The van der Waals surface area contributed by atoms with Crippen LogP contribution in [0.4, 0.5) is 0 Å². The number of benzene rings is 1. The van der Waals surface area contributed by atoms with E-state index in [4.69, 9.17) is 0 Å². The summed E-state index contributed by atoms with van der Waals surface area (Å²) in [5.74, 6) is 0.294. The molecule has 0 unspecified atom stereocenters. The summed E-state index contributed by atoms with van der Waals surface area (Å²) < 4.78 is 29.7. The average molecular weight is 389 g/mol. The zero-order valence-electron chi connectivity index (χ0n) is 16.0. The fourth-order valence-corrected chi connectivity index (χ4v) is 4.85. The third-order valence-corrected chi connectivity index (χ3v) is 6.45. The molecule has 0 saturated carbocycles. The number of piperidine rings is 1. The van der Waals surface area contributed by atoms with Crippen LogP contribution in [0.25, 0.3) is 6.08 Å². The first kappa shape index (κ1) is 19.8. The van der Waals surface area contributed by atoms with E-state index in [0.717, 1.165) is 32.5 Å². The van der Waals surface area contributed by atoms with Crippen LogP contribution in [-0.2, 0) is 17.1 Å². The highest BCUT2D eigenvalue weighted by Crippen LogP contribution is 2.22. The van der Waals surface area contributed by atoms with Crippen LogP contribution in [0, 0.1) is 5.92 Å². The Morgan fingerprint density at radius 3 is 2.74 bits per heavy atom. The van der Waals surface area contributed by atoms with Crippen molar-refractivity contribution >= 4 is 16.1 Å². The number of sulfonamides is 1. The molecule has 1 aliphatic heterocycles. The number of nitrogens with one attached hydrogen (secondary N) is 1. The van der Waals surface area contributed by atoms with Crippen LogP contribution in [0.2, 0.25) is 0 Å². The number of likely N-dealkylation sites (tertiary alicyclic amines) is 1. The van der Waals surface area contributed by atoms with E-state index in [1.165, 1.54) is 18.1 Å². The summed E-state index contributed by atoms with van der Waals surface area (Å²) in [7, 11) is -1.80. The van der Waals surface area contributed by atoms with Crippen LogP contribution in [0.1, 0.15) is 25.3 Å². The number of aromatic nitrogens is 2. The van der Waals surface area contributed by atoms with Crippen LogP contribution < -0.4 is 4.72 Å². The van der Waals surface area contributed by atoms with Gasteiger partial charge in [-0.15, -0.1) is 0 Å². The lowest BCUT2D eigenvalue weighted by Gasteiger charge is -2.37. The molecule has 1 aliphatic rings. The molecule has 1 saturated heterocycles. The zero-order valence-corrected chi connectivity index (χ0v) is 16.8. The first-order valence-electron chi connectivity index (χ1n) is 9.42. The highest BCUT2D eigenvalue weighted by atomic mass is 32.2. The SMILES string of the molecule is CC[C@@H]1CN(C/C=C/c2ccccc2)CC[C@@H]1NS(=O)(=O)c1cn(C)cn1. The molecule has 0 amide bonds. The average Bonchev–Trinajstić information content (AvgIpc) is 3.11. The number of hydrogen-bond acceptors (Lipinski definition) is 4.